The molecule has 0 spiro atoms. The van der Waals surface area contributed by atoms with E-state index < -0.39 is 16.9 Å². The van der Waals surface area contributed by atoms with Crippen LogP contribution in [0, 0.1) is 10.1 Å². The summed E-state index contributed by atoms with van der Waals surface area (Å²) in [6, 6.07) is 14.2. The summed E-state index contributed by atoms with van der Waals surface area (Å²) in [6.45, 7) is 0.135. The number of imide groups is 1. The number of nitro groups is 1. The van der Waals surface area contributed by atoms with E-state index in [0.717, 1.165) is 10.5 Å². The Hall–Kier alpha value is -3.62. The summed E-state index contributed by atoms with van der Waals surface area (Å²) < 4.78 is 5.68. The number of carbonyl (C=O) groups is 2. The van der Waals surface area contributed by atoms with Gasteiger partial charge in [0.1, 0.15) is 22.2 Å². The van der Waals surface area contributed by atoms with Crippen LogP contribution in [0.5, 0.6) is 0 Å². The van der Waals surface area contributed by atoms with Crippen molar-refractivity contribution in [3.05, 3.63) is 91.8 Å². The highest BCUT2D eigenvalue weighted by Gasteiger charge is 2.33. The van der Waals surface area contributed by atoms with Gasteiger partial charge in [0.25, 0.3) is 11.6 Å². The van der Waals surface area contributed by atoms with Crippen LogP contribution < -0.4 is 5.32 Å². The van der Waals surface area contributed by atoms with Crippen LogP contribution in [0.25, 0.3) is 17.4 Å². The predicted molar refractivity (Wildman–Crippen MR) is 114 cm³/mol. The van der Waals surface area contributed by atoms with Crippen molar-refractivity contribution >= 4 is 46.9 Å². The average Bonchev–Trinajstić information content (AvgIpc) is 3.29. The Kier molecular flexibility index (Phi) is 5.50. The zero-order valence-electron chi connectivity index (χ0n) is 15.7. The molecule has 1 saturated heterocycles. The van der Waals surface area contributed by atoms with E-state index in [0.29, 0.717) is 0 Å². The molecule has 1 fully saturated rings. The lowest BCUT2D eigenvalue weighted by molar-refractivity contribution is -0.384. The number of carbonyl (C=O) groups excluding carboxylic acids is 2. The molecule has 31 heavy (non-hydrogen) atoms. The Morgan fingerprint density at radius 3 is 2.52 bits per heavy atom. The number of nitrogens with zero attached hydrogens (tertiary/aromatic N) is 2. The first kappa shape index (κ1) is 20.6. The summed E-state index contributed by atoms with van der Waals surface area (Å²) in [5.41, 5.74) is 0.823. The lowest BCUT2D eigenvalue weighted by atomic mass is 10.1. The van der Waals surface area contributed by atoms with Crippen LogP contribution in [-0.4, -0.2) is 21.8 Å². The van der Waals surface area contributed by atoms with E-state index >= 15 is 0 Å². The van der Waals surface area contributed by atoms with E-state index in [-0.39, 0.29) is 45.1 Å². The van der Waals surface area contributed by atoms with E-state index in [2.05, 4.69) is 5.32 Å². The third kappa shape index (κ3) is 4.16. The summed E-state index contributed by atoms with van der Waals surface area (Å²) in [4.78, 5) is 36.5. The smallest absolute Gasteiger partial charge is 0.329 e. The number of rotatable bonds is 5. The Morgan fingerprint density at radius 1 is 1.06 bits per heavy atom. The summed E-state index contributed by atoms with van der Waals surface area (Å²) in [5, 5.41) is 13.7. The van der Waals surface area contributed by atoms with Gasteiger partial charge in [0.2, 0.25) is 0 Å². The largest absolute Gasteiger partial charge is 0.457 e. The molecule has 8 nitrogen and oxygen atoms in total. The molecule has 4 rings (SSSR count). The third-order valence-electron chi connectivity index (χ3n) is 4.56. The van der Waals surface area contributed by atoms with Gasteiger partial charge < -0.3 is 9.73 Å². The van der Waals surface area contributed by atoms with Crippen molar-refractivity contribution < 1.29 is 18.9 Å². The van der Waals surface area contributed by atoms with Crippen LogP contribution in [0.1, 0.15) is 11.3 Å². The molecule has 0 radical (unpaired) electrons. The lowest BCUT2D eigenvalue weighted by Gasteiger charge is -2.11. The first-order chi connectivity index (χ1) is 14.8. The highest BCUT2D eigenvalue weighted by atomic mass is 35.5. The Labute approximate surface area is 185 Å². The second-order valence-corrected chi connectivity index (χ2v) is 7.42. The van der Waals surface area contributed by atoms with E-state index in [1.54, 1.807) is 12.1 Å². The number of hydrogen-bond donors (Lipinski definition) is 1. The minimum Gasteiger partial charge on any atom is -0.457 e. The molecule has 0 atom stereocenters. The molecule has 0 saturated carbocycles. The van der Waals surface area contributed by atoms with Gasteiger partial charge in [0.15, 0.2) is 0 Å². The number of halogens is 2. The van der Waals surface area contributed by atoms with Gasteiger partial charge >= 0.3 is 6.03 Å². The normalized spacial score (nSPS) is 14.9. The van der Waals surface area contributed by atoms with Crippen molar-refractivity contribution in [2.45, 2.75) is 6.54 Å². The third-order valence-corrected chi connectivity index (χ3v) is 5.17. The van der Waals surface area contributed by atoms with Crippen molar-refractivity contribution in [3.8, 4) is 11.3 Å². The molecule has 1 aliphatic heterocycles. The van der Waals surface area contributed by atoms with Gasteiger partial charge in [-0.1, -0.05) is 53.5 Å². The van der Waals surface area contributed by atoms with Crippen LogP contribution >= 0.6 is 23.2 Å². The molecular formula is C21H13Cl2N3O5. The molecule has 156 valence electrons. The highest BCUT2D eigenvalue weighted by molar-refractivity contribution is 6.37. The van der Waals surface area contributed by atoms with Gasteiger partial charge in [-0.15, -0.1) is 0 Å². The van der Waals surface area contributed by atoms with Crippen LogP contribution in [-0.2, 0) is 11.3 Å². The molecule has 2 heterocycles. The lowest BCUT2D eigenvalue weighted by Crippen LogP contribution is -2.30. The van der Waals surface area contributed by atoms with E-state index in [9.17, 15) is 19.7 Å². The van der Waals surface area contributed by atoms with Crippen molar-refractivity contribution in [3.63, 3.8) is 0 Å². The van der Waals surface area contributed by atoms with Crippen molar-refractivity contribution in [1.82, 2.24) is 10.2 Å². The zero-order chi connectivity index (χ0) is 22.1. The molecule has 1 aliphatic rings. The van der Waals surface area contributed by atoms with Crippen molar-refractivity contribution in [1.29, 1.82) is 0 Å². The number of hydrogen-bond acceptors (Lipinski definition) is 5. The number of furan rings is 1. The molecule has 0 unspecified atom stereocenters. The number of amides is 3. The molecule has 3 amide bonds. The van der Waals surface area contributed by atoms with Crippen LogP contribution in [0.15, 0.2) is 64.7 Å². The summed E-state index contributed by atoms with van der Waals surface area (Å²) in [6.07, 6.45) is 1.38. The van der Waals surface area contributed by atoms with Gasteiger partial charge in [-0.2, -0.15) is 0 Å². The standard InChI is InChI=1S/C21H13Cl2N3O5/c22-15-10-16(23)18(26(29)30)9-14(15)19-7-6-13(31-19)8-17-20(27)25(21(28)24-17)11-12-4-2-1-3-5-12/h1-10H,11H2,(H,24,28)/b17-8+. The second-order valence-electron chi connectivity index (χ2n) is 6.61. The fourth-order valence-electron chi connectivity index (χ4n) is 3.06. The number of nitro benzene ring substituents is 1. The van der Waals surface area contributed by atoms with Crippen molar-refractivity contribution in [2.75, 3.05) is 0 Å². The average molecular weight is 458 g/mol. The zero-order valence-corrected chi connectivity index (χ0v) is 17.2. The Bertz CT molecular complexity index is 1240. The Balaban J connectivity index is 1.59. The van der Waals surface area contributed by atoms with Crippen molar-refractivity contribution in [2.24, 2.45) is 0 Å². The molecule has 2 aromatic carbocycles. The fourth-order valence-corrected chi connectivity index (χ4v) is 3.61. The summed E-state index contributed by atoms with van der Waals surface area (Å²) in [7, 11) is 0. The monoisotopic (exact) mass is 457 g/mol. The SMILES string of the molecule is O=C1N/C(=C/c2ccc(-c3cc([N+](=O)[O-])c(Cl)cc3Cl)o2)C(=O)N1Cc1ccccc1. The topological polar surface area (TPSA) is 106 Å². The number of urea groups is 1. The molecule has 10 heteroatoms. The van der Waals surface area contributed by atoms with E-state index in [1.807, 2.05) is 30.3 Å². The molecular weight excluding hydrogens is 445 g/mol. The molecule has 1 aromatic heterocycles. The molecule has 0 bridgehead atoms. The van der Waals surface area contributed by atoms with Gasteiger partial charge in [-0.05, 0) is 23.8 Å². The maximum absolute atomic E-state index is 12.6. The molecule has 0 aliphatic carbocycles. The van der Waals surface area contributed by atoms with Crippen LogP contribution in [0.2, 0.25) is 10.0 Å². The highest BCUT2D eigenvalue weighted by Crippen LogP contribution is 2.37. The maximum atomic E-state index is 12.6. The molecule has 3 aromatic rings. The minimum atomic E-state index is -0.623. The molecule has 1 N–H and O–H groups in total. The maximum Gasteiger partial charge on any atom is 0.329 e. The number of benzene rings is 2. The van der Waals surface area contributed by atoms with Gasteiger partial charge in [-0.25, -0.2) is 4.79 Å². The van der Waals surface area contributed by atoms with E-state index in [1.165, 1.54) is 18.2 Å². The number of nitrogens with one attached hydrogen (secondary N) is 1. The minimum absolute atomic E-state index is 0.0509. The summed E-state index contributed by atoms with van der Waals surface area (Å²) >= 11 is 12.0. The Morgan fingerprint density at radius 2 is 1.81 bits per heavy atom. The van der Waals surface area contributed by atoms with Gasteiger partial charge in [0, 0.05) is 17.7 Å². The van der Waals surface area contributed by atoms with Crippen LogP contribution in [0.4, 0.5) is 10.5 Å². The fraction of sp³-hybridized carbons (Fsp3) is 0.0476. The quantitative estimate of drug-likeness (QED) is 0.243. The first-order valence-electron chi connectivity index (χ1n) is 8.95. The predicted octanol–water partition coefficient (Wildman–Crippen LogP) is 5.25. The summed E-state index contributed by atoms with van der Waals surface area (Å²) in [5.74, 6) is 0.00961. The van der Waals surface area contributed by atoms with Gasteiger partial charge in [-0.3, -0.25) is 19.8 Å². The second kappa shape index (κ2) is 8.25. The first-order valence-corrected chi connectivity index (χ1v) is 9.71. The van der Waals surface area contributed by atoms with Crippen LogP contribution in [0.3, 0.4) is 0 Å². The van der Waals surface area contributed by atoms with E-state index in [4.69, 9.17) is 27.6 Å². The van der Waals surface area contributed by atoms with Gasteiger partial charge in [0.05, 0.1) is 16.5 Å².